The molecule has 3 heterocycles. The molecular weight excluding hydrogens is 841 g/mol. The SMILES string of the molecule is CC(C)(C)c1cc(Oc2cccc(-n3[c-][n+](-c4cc(-c5ccccc5)cc(C(C)(C)c5ccccc5)c4)c(C(C)(C)C)c3)c2)cc2c1c1ccccc1n2-c1cc(C(C)(C)c2ccccc2)ccn1. The lowest BCUT2D eigenvalue weighted by molar-refractivity contribution is -0.611. The lowest BCUT2D eigenvalue weighted by Crippen LogP contribution is -2.39. The third-order valence-corrected chi connectivity index (χ3v) is 14.0. The van der Waals surface area contributed by atoms with Crippen molar-refractivity contribution in [1.29, 1.82) is 0 Å². The summed E-state index contributed by atoms with van der Waals surface area (Å²) in [5.41, 5.74) is 13.0. The van der Waals surface area contributed by atoms with Crippen molar-refractivity contribution < 1.29 is 9.30 Å². The normalized spacial score (nSPS) is 12.5. The minimum Gasteiger partial charge on any atom is -0.458 e. The van der Waals surface area contributed by atoms with E-state index in [2.05, 4.69) is 271 Å². The van der Waals surface area contributed by atoms with Gasteiger partial charge in [0, 0.05) is 40.1 Å². The smallest absolute Gasteiger partial charge is 0.269 e. The summed E-state index contributed by atoms with van der Waals surface area (Å²) in [6, 6.07) is 65.1. The molecule has 0 unspecified atom stereocenters. The van der Waals surface area contributed by atoms with Crippen LogP contribution in [-0.4, -0.2) is 14.1 Å². The van der Waals surface area contributed by atoms with E-state index in [0.717, 1.165) is 45.4 Å². The summed E-state index contributed by atoms with van der Waals surface area (Å²) < 4.78 is 13.7. The van der Waals surface area contributed by atoms with Gasteiger partial charge in [0.15, 0.2) is 0 Å². The number of fused-ring (bicyclic) bond motifs is 3. The van der Waals surface area contributed by atoms with E-state index >= 15 is 0 Å². The maximum absolute atomic E-state index is 6.99. The summed E-state index contributed by atoms with van der Waals surface area (Å²) in [6.07, 6.45) is 7.97. The Morgan fingerprint density at radius 1 is 0.493 bits per heavy atom. The fourth-order valence-electron chi connectivity index (χ4n) is 9.90. The number of ether oxygens (including phenoxy) is 1. The molecule has 5 heteroatoms. The van der Waals surface area contributed by atoms with Gasteiger partial charge in [-0.1, -0.05) is 191 Å². The van der Waals surface area contributed by atoms with Gasteiger partial charge in [-0.05, 0) is 104 Å². The van der Waals surface area contributed by atoms with Crippen molar-refractivity contribution in [2.45, 2.75) is 90.9 Å². The van der Waals surface area contributed by atoms with Crippen LogP contribution in [0.15, 0.2) is 194 Å². The molecule has 0 aliphatic rings. The van der Waals surface area contributed by atoms with E-state index in [1.165, 1.54) is 49.7 Å². The quantitative estimate of drug-likeness (QED) is 0.101. The lowest BCUT2D eigenvalue weighted by Gasteiger charge is -2.28. The van der Waals surface area contributed by atoms with Crippen molar-refractivity contribution in [3.8, 4) is 39.8 Å². The summed E-state index contributed by atoms with van der Waals surface area (Å²) in [7, 11) is 0. The Labute approximate surface area is 408 Å². The Morgan fingerprint density at radius 3 is 1.80 bits per heavy atom. The molecular formula is C64H62N4O. The largest absolute Gasteiger partial charge is 0.458 e. The van der Waals surface area contributed by atoms with Gasteiger partial charge in [-0.25, -0.2) is 4.98 Å². The summed E-state index contributed by atoms with van der Waals surface area (Å²) in [6.45, 7) is 22.9. The van der Waals surface area contributed by atoms with Crippen LogP contribution in [0.25, 0.3) is 50.1 Å². The van der Waals surface area contributed by atoms with Gasteiger partial charge in [-0.3, -0.25) is 13.7 Å². The Hall–Kier alpha value is -7.50. The van der Waals surface area contributed by atoms with E-state index in [0.29, 0.717) is 0 Å². The monoisotopic (exact) mass is 902 g/mol. The van der Waals surface area contributed by atoms with Crippen molar-refractivity contribution >= 4 is 21.8 Å². The van der Waals surface area contributed by atoms with Crippen molar-refractivity contribution in [3.63, 3.8) is 0 Å². The van der Waals surface area contributed by atoms with Crippen molar-refractivity contribution in [1.82, 2.24) is 14.1 Å². The Kier molecular flexibility index (Phi) is 11.3. The number of imidazole rings is 1. The van der Waals surface area contributed by atoms with Gasteiger partial charge >= 0.3 is 0 Å². The molecule has 0 saturated carbocycles. The minimum atomic E-state index is -0.248. The van der Waals surface area contributed by atoms with E-state index in [1.807, 2.05) is 12.3 Å². The molecule has 0 fully saturated rings. The number of pyridine rings is 1. The molecule has 0 amide bonds. The number of nitrogens with zero attached hydrogens (tertiary/aromatic N) is 4. The third-order valence-electron chi connectivity index (χ3n) is 14.0. The van der Waals surface area contributed by atoms with Gasteiger partial charge in [0.25, 0.3) is 6.33 Å². The second-order valence-electron chi connectivity index (χ2n) is 21.7. The van der Waals surface area contributed by atoms with Crippen LogP contribution < -0.4 is 9.30 Å². The molecule has 69 heavy (non-hydrogen) atoms. The van der Waals surface area contributed by atoms with Gasteiger partial charge in [0.05, 0.1) is 28.1 Å². The molecule has 344 valence electrons. The number of aromatic nitrogens is 4. The number of hydrogen-bond donors (Lipinski definition) is 0. The number of hydrogen-bond acceptors (Lipinski definition) is 2. The lowest BCUT2D eigenvalue weighted by atomic mass is 9.77. The number of benzene rings is 7. The minimum absolute atomic E-state index is 0.190. The third kappa shape index (κ3) is 8.56. The van der Waals surface area contributed by atoms with E-state index in [4.69, 9.17) is 9.72 Å². The second-order valence-corrected chi connectivity index (χ2v) is 21.7. The van der Waals surface area contributed by atoms with Crippen LogP contribution in [0, 0.1) is 6.33 Å². The standard InChI is InChI=1S/C64H62N4O/c1-61(2,3)55-40-53(41-57-60(55)54-31-20-21-32-56(54)68(57)59-38-48(33-34-65-59)63(7,8)46-25-16-12-17-26-46)69-52-30-22-29-50(39-52)66-42-58(62(4,5)6)67(43-66)51-36-45(44-23-14-11-15-24-44)35-49(37-51)64(9,10)47-27-18-13-19-28-47/h11-42H,1-10H3. The molecule has 5 nitrogen and oxygen atoms in total. The van der Waals surface area contributed by atoms with Crippen LogP contribution >= 0.6 is 0 Å². The first-order valence-electron chi connectivity index (χ1n) is 24.2. The Bertz CT molecular complexity index is 3470. The molecule has 0 saturated heterocycles. The average Bonchev–Trinajstić information content (AvgIpc) is 3.96. The van der Waals surface area contributed by atoms with Gasteiger partial charge in [-0.15, -0.1) is 0 Å². The van der Waals surface area contributed by atoms with E-state index in [-0.39, 0.29) is 21.7 Å². The fraction of sp³-hybridized carbons (Fsp3) is 0.219. The average molecular weight is 903 g/mol. The maximum atomic E-state index is 6.99. The Morgan fingerprint density at radius 2 is 1.13 bits per heavy atom. The zero-order chi connectivity index (χ0) is 48.3. The highest BCUT2D eigenvalue weighted by atomic mass is 16.5. The van der Waals surface area contributed by atoms with Gasteiger partial charge in [-0.2, -0.15) is 0 Å². The number of rotatable bonds is 10. The predicted octanol–water partition coefficient (Wildman–Crippen LogP) is 15.8. The molecule has 0 atom stereocenters. The molecule has 3 aromatic heterocycles. The van der Waals surface area contributed by atoms with Crippen molar-refractivity contribution in [2.24, 2.45) is 0 Å². The number of para-hydroxylation sites is 1. The summed E-state index contributed by atoms with van der Waals surface area (Å²) in [4.78, 5) is 5.05. The topological polar surface area (TPSA) is 35.9 Å². The fourth-order valence-corrected chi connectivity index (χ4v) is 9.90. The molecule has 0 aliphatic carbocycles. The molecule has 0 spiro atoms. The van der Waals surface area contributed by atoms with Crippen LogP contribution in [-0.2, 0) is 21.7 Å². The van der Waals surface area contributed by atoms with Crippen LogP contribution in [0.5, 0.6) is 11.5 Å². The van der Waals surface area contributed by atoms with Gasteiger partial charge in [0.1, 0.15) is 17.3 Å². The molecule has 7 aromatic carbocycles. The Balaban J connectivity index is 1.08. The second kappa shape index (κ2) is 17.2. The molecule has 10 aromatic rings. The van der Waals surface area contributed by atoms with Crippen LogP contribution in [0.3, 0.4) is 0 Å². The van der Waals surface area contributed by atoms with Crippen LogP contribution in [0.1, 0.15) is 103 Å². The zero-order valence-electron chi connectivity index (χ0n) is 41.7. The van der Waals surface area contributed by atoms with E-state index in [9.17, 15) is 0 Å². The maximum Gasteiger partial charge on any atom is 0.269 e. The summed E-state index contributed by atoms with van der Waals surface area (Å²) in [5, 5.41) is 2.40. The van der Waals surface area contributed by atoms with Crippen molar-refractivity contribution in [3.05, 3.63) is 234 Å². The first kappa shape index (κ1) is 45.3. The molecule has 0 radical (unpaired) electrons. The first-order chi connectivity index (χ1) is 33.0. The zero-order valence-corrected chi connectivity index (χ0v) is 41.7. The molecule has 0 bridgehead atoms. The van der Waals surface area contributed by atoms with Gasteiger partial charge in [0.2, 0.25) is 0 Å². The molecule has 0 N–H and O–H groups in total. The van der Waals surface area contributed by atoms with Crippen molar-refractivity contribution in [2.75, 3.05) is 0 Å². The van der Waals surface area contributed by atoms with Gasteiger partial charge < -0.3 is 4.74 Å². The highest BCUT2D eigenvalue weighted by Gasteiger charge is 2.29. The van der Waals surface area contributed by atoms with Crippen LogP contribution in [0.2, 0.25) is 0 Å². The first-order valence-corrected chi connectivity index (χ1v) is 24.2. The summed E-state index contributed by atoms with van der Waals surface area (Å²) >= 11 is 0. The predicted molar refractivity (Wildman–Crippen MR) is 285 cm³/mol. The van der Waals surface area contributed by atoms with E-state index in [1.54, 1.807) is 0 Å². The van der Waals surface area contributed by atoms with E-state index < -0.39 is 0 Å². The van der Waals surface area contributed by atoms with Crippen LogP contribution in [0.4, 0.5) is 0 Å². The molecule has 10 rings (SSSR count). The molecule has 0 aliphatic heterocycles. The highest BCUT2D eigenvalue weighted by Crippen LogP contribution is 2.43. The summed E-state index contributed by atoms with van der Waals surface area (Å²) in [5.74, 6) is 2.38. The highest BCUT2D eigenvalue weighted by molar-refractivity contribution is 6.11.